The largest absolute Gasteiger partial charge is 0.293 e. The third-order valence-corrected chi connectivity index (χ3v) is 5.71. The summed E-state index contributed by atoms with van der Waals surface area (Å²) in [5.41, 5.74) is 0.197. The van der Waals surface area contributed by atoms with Crippen LogP contribution in [0.25, 0.3) is 0 Å². The normalized spacial score (nSPS) is 30.4. The van der Waals surface area contributed by atoms with Crippen molar-refractivity contribution in [2.24, 2.45) is 17.8 Å². The van der Waals surface area contributed by atoms with E-state index in [1.165, 1.54) is 25.7 Å². The third kappa shape index (κ3) is 3.55. The van der Waals surface area contributed by atoms with Crippen LogP contribution >= 0.6 is 0 Å². The molecule has 4 atom stereocenters. The van der Waals surface area contributed by atoms with Gasteiger partial charge in [0, 0.05) is 18.1 Å². The van der Waals surface area contributed by atoms with E-state index < -0.39 is 0 Å². The lowest BCUT2D eigenvalue weighted by Gasteiger charge is -2.45. The molecule has 4 unspecified atom stereocenters. The number of nitrogens with zero attached hydrogens (tertiary/aromatic N) is 2. The van der Waals surface area contributed by atoms with Gasteiger partial charge in [-0.05, 0) is 31.6 Å². The lowest BCUT2D eigenvalue weighted by atomic mass is 9.81. The summed E-state index contributed by atoms with van der Waals surface area (Å²) in [6.45, 7) is 15.0. The van der Waals surface area contributed by atoms with Gasteiger partial charge in [-0.25, -0.2) is 0 Å². The van der Waals surface area contributed by atoms with Gasteiger partial charge in [0.25, 0.3) is 0 Å². The van der Waals surface area contributed by atoms with Crippen LogP contribution in [0.4, 0.5) is 0 Å². The number of nitriles is 1. The van der Waals surface area contributed by atoms with Crippen LogP contribution in [0.15, 0.2) is 0 Å². The summed E-state index contributed by atoms with van der Waals surface area (Å²) in [6, 6.07) is 3.17. The molecule has 20 heavy (non-hydrogen) atoms. The minimum absolute atomic E-state index is 0.197. The minimum Gasteiger partial charge on any atom is -0.293 e. The Hall–Kier alpha value is -0.550. The van der Waals surface area contributed by atoms with E-state index in [1.54, 1.807) is 0 Å². The van der Waals surface area contributed by atoms with E-state index in [4.69, 9.17) is 0 Å². The van der Waals surface area contributed by atoms with Gasteiger partial charge >= 0.3 is 0 Å². The Balaban J connectivity index is 2.99. The van der Waals surface area contributed by atoms with Gasteiger partial charge in [-0.15, -0.1) is 0 Å². The molecule has 0 saturated carbocycles. The van der Waals surface area contributed by atoms with Gasteiger partial charge in [-0.3, -0.25) is 4.90 Å². The molecule has 1 fully saturated rings. The fourth-order valence-corrected chi connectivity index (χ4v) is 3.73. The Morgan fingerprint density at radius 1 is 1.30 bits per heavy atom. The van der Waals surface area contributed by atoms with E-state index in [0.29, 0.717) is 12.0 Å². The van der Waals surface area contributed by atoms with Crippen LogP contribution in [-0.4, -0.2) is 23.0 Å². The molecule has 0 aromatic heterocycles. The summed E-state index contributed by atoms with van der Waals surface area (Å²) in [7, 11) is 0. The van der Waals surface area contributed by atoms with Gasteiger partial charge in [-0.1, -0.05) is 53.9 Å². The van der Waals surface area contributed by atoms with Crippen LogP contribution < -0.4 is 0 Å². The highest BCUT2D eigenvalue weighted by Gasteiger charge is 2.47. The number of rotatable bonds is 7. The van der Waals surface area contributed by atoms with Crippen molar-refractivity contribution in [1.29, 1.82) is 5.26 Å². The van der Waals surface area contributed by atoms with Gasteiger partial charge in [0.1, 0.15) is 0 Å². The maximum Gasteiger partial charge on any atom is 0.0670 e. The monoisotopic (exact) mass is 278 g/mol. The summed E-state index contributed by atoms with van der Waals surface area (Å²) in [5, 5.41) is 9.37. The SMILES string of the molecule is CCCCC(C(C)CC)N1CC(C#N)CC1(C)C(C)C. The Labute approximate surface area is 126 Å². The highest BCUT2D eigenvalue weighted by atomic mass is 15.3. The standard InChI is InChI=1S/C18H34N2/c1-7-9-10-17(15(5)8-2)20-13-16(12-19)11-18(20,6)14(3)4/h14-17H,7-11,13H2,1-6H3. The number of hydrogen-bond acceptors (Lipinski definition) is 2. The molecule has 0 amide bonds. The van der Waals surface area contributed by atoms with E-state index in [-0.39, 0.29) is 11.5 Å². The Kier molecular flexibility index (Phi) is 6.52. The van der Waals surface area contributed by atoms with Crippen molar-refractivity contribution >= 4 is 0 Å². The molecule has 0 radical (unpaired) electrons. The smallest absolute Gasteiger partial charge is 0.0670 e. The minimum atomic E-state index is 0.197. The van der Waals surface area contributed by atoms with E-state index in [0.717, 1.165) is 18.9 Å². The van der Waals surface area contributed by atoms with Crippen LogP contribution in [0, 0.1) is 29.1 Å². The van der Waals surface area contributed by atoms with Gasteiger partial charge < -0.3 is 0 Å². The Morgan fingerprint density at radius 3 is 2.40 bits per heavy atom. The zero-order chi connectivity index (χ0) is 15.3. The fraction of sp³-hybridized carbons (Fsp3) is 0.944. The first kappa shape index (κ1) is 17.5. The van der Waals surface area contributed by atoms with Crippen LogP contribution in [-0.2, 0) is 0 Å². The van der Waals surface area contributed by atoms with Crippen molar-refractivity contribution in [2.75, 3.05) is 6.54 Å². The highest BCUT2D eigenvalue weighted by Crippen LogP contribution is 2.42. The zero-order valence-electron chi connectivity index (χ0n) is 14.4. The van der Waals surface area contributed by atoms with Crippen LogP contribution in [0.5, 0.6) is 0 Å². The Bertz CT molecular complexity index is 331. The first-order valence-electron chi connectivity index (χ1n) is 8.57. The molecule has 2 nitrogen and oxygen atoms in total. The summed E-state index contributed by atoms with van der Waals surface area (Å²) in [6.07, 6.45) is 6.13. The van der Waals surface area contributed by atoms with E-state index in [2.05, 4.69) is 52.5 Å². The molecule has 0 aliphatic carbocycles. The topological polar surface area (TPSA) is 27.0 Å². The molecule has 1 saturated heterocycles. The third-order valence-electron chi connectivity index (χ3n) is 5.71. The van der Waals surface area contributed by atoms with Crippen molar-refractivity contribution in [1.82, 2.24) is 4.90 Å². The zero-order valence-corrected chi connectivity index (χ0v) is 14.4. The Morgan fingerprint density at radius 2 is 1.95 bits per heavy atom. The fourth-order valence-electron chi connectivity index (χ4n) is 3.73. The second kappa shape index (κ2) is 7.46. The van der Waals surface area contributed by atoms with E-state index in [9.17, 15) is 5.26 Å². The lowest BCUT2D eigenvalue weighted by Crippen LogP contribution is -2.52. The second-order valence-corrected chi connectivity index (χ2v) is 7.29. The van der Waals surface area contributed by atoms with Crippen LogP contribution in [0.3, 0.4) is 0 Å². The van der Waals surface area contributed by atoms with Crippen molar-refractivity contribution in [2.45, 2.75) is 85.2 Å². The maximum atomic E-state index is 9.37. The molecular weight excluding hydrogens is 244 g/mol. The quantitative estimate of drug-likeness (QED) is 0.665. The van der Waals surface area contributed by atoms with Crippen molar-refractivity contribution in [3.05, 3.63) is 0 Å². The molecule has 0 aromatic rings. The number of hydrogen-bond donors (Lipinski definition) is 0. The molecule has 116 valence electrons. The van der Waals surface area contributed by atoms with Gasteiger partial charge in [0.05, 0.1) is 12.0 Å². The number of unbranched alkanes of at least 4 members (excludes halogenated alkanes) is 1. The van der Waals surface area contributed by atoms with Crippen molar-refractivity contribution < 1.29 is 0 Å². The molecule has 1 aliphatic heterocycles. The van der Waals surface area contributed by atoms with Crippen molar-refractivity contribution in [3.8, 4) is 6.07 Å². The van der Waals surface area contributed by atoms with E-state index in [1.807, 2.05) is 0 Å². The van der Waals surface area contributed by atoms with Gasteiger partial charge in [-0.2, -0.15) is 5.26 Å². The average Bonchev–Trinajstić information content (AvgIpc) is 2.77. The first-order valence-corrected chi connectivity index (χ1v) is 8.57. The molecule has 0 aromatic carbocycles. The van der Waals surface area contributed by atoms with Crippen LogP contribution in [0.1, 0.15) is 73.6 Å². The summed E-state index contributed by atoms with van der Waals surface area (Å²) in [4.78, 5) is 2.70. The summed E-state index contributed by atoms with van der Waals surface area (Å²) < 4.78 is 0. The molecule has 1 rings (SSSR count). The lowest BCUT2D eigenvalue weighted by molar-refractivity contribution is 0.0305. The predicted molar refractivity (Wildman–Crippen MR) is 86.4 cm³/mol. The van der Waals surface area contributed by atoms with Crippen LogP contribution in [0.2, 0.25) is 0 Å². The molecular formula is C18H34N2. The molecule has 0 spiro atoms. The highest BCUT2D eigenvalue weighted by molar-refractivity contribution is 5.06. The number of likely N-dealkylation sites (tertiary alicyclic amines) is 1. The first-order chi connectivity index (χ1) is 9.40. The second-order valence-electron chi connectivity index (χ2n) is 7.29. The molecule has 0 N–H and O–H groups in total. The summed E-state index contributed by atoms with van der Waals surface area (Å²) >= 11 is 0. The van der Waals surface area contributed by atoms with Crippen molar-refractivity contribution in [3.63, 3.8) is 0 Å². The summed E-state index contributed by atoms with van der Waals surface area (Å²) in [5.74, 6) is 1.54. The van der Waals surface area contributed by atoms with Gasteiger partial charge in [0.2, 0.25) is 0 Å². The molecule has 1 aliphatic rings. The van der Waals surface area contributed by atoms with Gasteiger partial charge in [0.15, 0.2) is 0 Å². The molecule has 1 heterocycles. The maximum absolute atomic E-state index is 9.37. The molecule has 0 bridgehead atoms. The van der Waals surface area contributed by atoms with E-state index >= 15 is 0 Å². The predicted octanol–water partition coefficient (Wildman–Crippen LogP) is 4.85. The molecule has 2 heteroatoms. The average molecular weight is 278 g/mol.